The summed E-state index contributed by atoms with van der Waals surface area (Å²) in [6.45, 7) is 0.583. The van der Waals surface area contributed by atoms with Crippen molar-refractivity contribution in [1.82, 2.24) is 24.5 Å². The van der Waals surface area contributed by atoms with E-state index in [1.807, 2.05) is 12.1 Å². The topological polar surface area (TPSA) is 56.5 Å². The molecule has 0 radical (unpaired) electrons. The van der Waals surface area contributed by atoms with Crippen LogP contribution in [0.2, 0.25) is 0 Å². The molecule has 0 spiro atoms. The van der Waals surface area contributed by atoms with Gasteiger partial charge in [0.25, 0.3) is 0 Å². The molecule has 0 atom stereocenters. The largest absolute Gasteiger partial charge is 0.307 e. The second kappa shape index (κ2) is 5.58. The minimum absolute atomic E-state index is 0.298. The van der Waals surface area contributed by atoms with E-state index >= 15 is 0 Å². The monoisotopic (exact) mass is 333 g/mol. The molecule has 0 aliphatic heterocycles. The van der Waals surface area contributed by atoms with Crippen molar-refractivity contribution in [2.45, 2.75) is 25.8 Å². The Kier molecular flexibility index (Phi) is 3.23. The number of hydrogen-bond donors (Lipinski definition) is 0. The van der Waals surface area contributed by atoms with E-state index in [0.717, 1.165) is 28.8 Å². The molecule has 1 aliphatic rings. The van der Waals surface area contributed by atoms with Crippen molar-refractivity contribution in [2.75, 3.05) is 0 Å². The third-order valence-electron chi connectivity index (χ3n) is 4.77. The van der Waals surface area contributed by atoms with Gasteiger partial charge in [-0.15, -0.1) is 0 Å². The first-order chi connectivity index (χ1) is 12.3. The van der Waals surface area contributed by atoms with Crippen LogP contribution in [0.3, 0.4) is 0 Å². The Morgan fingerprint density at radius 3 is 2.80 bits per heavy atom. The molecule has 3 aromatic heterocycles. The zero-order valence-electron chi connectivity index (χ0n) is 13.6. The number of nitrogens with zero attached hydrogens (tertiary/aromatic N) is 5. The Balaban J connectivity index is 1.65. The van der Waals surface area contributed by atoms with Crippen molar-refractivity contribution in [1.29, 1.82) is 0 Å². The first-order valence-electron chi connectivity index (χ1n) is 8.48. The Bertz CT molecular complexity index is 1080. The van der Waals surface area contributed by atoms with Gasteiger partial charge in [0.2, 0.25) is 0 Å². The smallest absolute Gasteiger partial charge is 0.197 e. The van der Waals surface area contributed by atoms with Crippen molar-refractivity contribution < 1.29 is 4.39 Å². The van der Waals surface area contributed by atoms with Gasteiger partial charge in [0, 0.05) is 30.4 Å². The number of halogens is 1. The molecule has 5 rings (SSSR count). The van der Waals surface area contributed by atoms with Crippen molar-refractivity contribution in [3.05, 3.63) is 60.1 Å². The molecular formula is C19H16FN5. The van der Waals surface area contributed by atoms with E-state index in [-0.39, 0.29) is 5.82 Å². The minimum Gasteiger partial charge on any atom is -0.307 e. The van der Waals surface area contributed by atoms with Crippen LogP contribution in [-0.2, 0) is 13.0 Å². The van der Waals surface area contributed by atoms with E-state index in [1.165, 1.54) is 18.9 Å². The van der Waals surface area contributed by atoms with E-state index in [4.69, 9.17) is 0 Å². The Labute approximate surface area is 143 Å². The van der Waals surface area contributed by atoms with Crippen molar-refractivity contribution in [3.8, 4) is 0 Å². The predicted molar refractivity (Wildman–Crippen MR) is 92.6 cm³/mol. The number of imidazole rings is 1. The van der Waals surface area contributed by atoms with Crippen LogP contribution in [0, 0.1) is 11.7 Å². The number of aromatic nitrogens is 5. The third kappa shape index (κ3) is 2.54. The molecule has 0 bridgehead atoms. The lowest BCUT2D eigenvalue weighted by atomic mass is 10.1. The Morgan fingerprint density at radius 2 is 1.92 bits per heavy atom. The third-order valence-corrected chi connectivity index (χ3v) is 4.77. The van der Waals surface area contributed by atoms with E-state index in [0.29, 0.717) is 23.6 Å². The molecular weight excluding hydrogens is 317 g/mol. The van der Waals surface area contributed by atoms with Crippen LogP contribution in [0.5, 0.6) is 0 Å². The molecule has 1 aliphatic carbocycles. The molecule has 0 N–H and O–H groups in total. The average Bonchev–Trinajstić information content (AvgIpc) is 3.38. The standard InChI is InChI=1S/C19H16FN5/c20-15-3-1-2-14-13(6-7-21-17(14)15)11-25-16(10-12-4-5-12)24-18-19(25)23-9-8-22-18/h1-3,6-9,12H,4-5,10-11H2. The lowest BCUT2D eigenvalue weighted by Gasteiger charge is -2.11. The molecule has 1 saturated carbocycles. The lowest BCUT2D eigenvalue weighted by Crippen LogP contribution is -2.07. The summed E-state index contributed by atoms with van der Waals surface area (Å²) in [5.41, 5.74) is 2.85. The number of pyridine rings is 1. The van der Waals surface area contributed by atoms with Gasteiger partial charge in [0.05, 0.1) is 6.54 Å². The molecule has 124 valence electrons. The molecule has 0 unspecified atom stereocenters. The maximum Gasteiger partial charge on any atom is 0.197 e. The first kappa shape index (κ1) is 14.5. The number of hydrogen-bond acceptors (Lipinski definition) is 4. The maximum atomic E-state index is 14.1. The summed E-state index contributed by atoms with van der Waals surface area (Å²) in [7, 11) is 0. The van der Waals surface area contributed by atoms with Gasteiger partial charge in [0.15, 0.2) is 11.3 Å². The molecule has 0 amide bonds. The number of rotatable bonds is 4. The number of benzene rings is 1. The van der Waals surface area contributed by atoms with Gasteiger partial charge >= 0.3 is 0 Å². The van der Waals surface area contributed by atoms with Crippen molar-refractivity contribution in [3.63, 3.8) is 0 Å². The highest BCUT2D eigenvalue weighted by molar-refractivity contribution is 5.82. The quantitative estimate of drug-likeness (QED) is 0.573. The van der Waals surface area contributed by atoms with Crippen LogP contribution in [0.1, 0.15) is 24.2 Å². The summed E-state index contributed by atoms with van der Waals surface area (Å²) in [5.74, 6) is 1.42. The number of para-hydroxylation sites is 1. The van der Waals surface area contributed by atoms with Crippen LogP contribution in [-0.4, -0.2) is 24.5 Å². The molecule has 3 heterocycles. The molecule has 1 fully saturated rings. The highest BCUT2D eigenvalue weighted by Crippen LogP contribution is 2.33. The van der Waals surface area contributed by atoms with Gasteiger partial charge in [-0.3, -0.25) is 4.98 Å². The fourth-order valence-corrected chi connectivity index (χ4v) is 3.31. The highest BCUT2D eigenvalue weighted by atomic mass is 19.1. The predicted octanol–water partition coefficient (Wildman–Crippen LogP) is 3.51. The molecule has 25 heavy (non-hydrogen) atoms. The van der Waals surface area contributed by atoms with Gasteiger partial charge in [-0.1, -0.05) is 12.1 Å². The Hall–Kier alpha value is -2.89. The summed E-state index contributed by atoms with van der Waals surface area (Å²) in [5, 5.41) is 0.825. The molecule has 5 nitrogen and oxygen atoms in total. The van der Waals surface area contributed by atoms with Gasteiger partial charge in [0.1, 0.15) is 17.2 Å². The van der Waals surface area contributed by atoms with Crippen LogP contribution >= 0.6 is 0 Å². The van der Waals surface area contributed by atoms with Gasteiger partial charge in [-0.25, -0.2) is 19.3 Å². The van der Waals surface area contributed by atoms with E-state index in [2.05, 4.69) is 24.5 Å². The lowest BCUT2D eigenvalue weighted by molar-refractivity contribution is 0.636. The van der Waals surface area contributed by atoms with Crippen LogP contribution in [0.25, 0.3) is 22.2 Å². The number of fused-ring (bicyclic) bond motifs is 2. The summed E-state index contributed by atoms with van der Waals surface area (Å²) in [6, 6.07) is 7.01. The molecule has 0 saturated heterocycles. The zero-order valence-corrected chi connectivity index (χ0v) is 13.6. The minimum atomic E-state index is -0.298. The summed E-state index contributed by atoms with van der Waals surface area (Å²) in [4.78, 5) is 17.7. The highest BCUT2D eigenvalue weighted by Gasteiger charge is 2.25. The molecule has 4 aromatic rings. The van der Waals surface area contributed by atoms with E-state index in [1.54, 1.807) is 24.7 Å². The normalized spacial score (nSPS) is 14.4. The summed E-state index contributed by atoms with van der Waals surface area (Å²) >= 11 is 0. The maximum absolute atomic E-state index is 14.1. The molecule has 6 heteroatoms. The van der Waals surface area contributed by atoms with Crippen molar-refractivity contribution >= 4 is 22.2 Å². The molecule has 1 aromatic carbocycles. The summed E-state index contributed by atoms with van der Waals surface area (Å²) in [6.07, 6.45) is 8.46. The van der Waals surface area contributed by atoms with Crippen LogP contribution in [0.15, 0.2) is 42.9 Å². The van der Waals surface area contributed by atoms with Gasteiger partial charge in [-0.2, -0.15) is 0 Å². The Morgan fingerprint density at radius 1 is 1.04 bits per heavy atom. The van der Waals surface area contributed by atoms with Crippen LogP contribution < -0.4 is 0 Å². The first-order valence-corrected chi connectivity index (χ1v) is 8.48. The zero-order chi connectivity index (χ0) is 16.8. The van der Waals surface area contributed by atoms with E-state index < -0.39 is 0 Å². The van der Waals surface area contributed by atoms with Gasteiger partial charge < -0.3 is 4.57 Å². The average molecular weight is 333 g/mol. The SMILES string of the molecule is Fc1cccc2c(Cn3c(CC4CC4)nc4nccnc43)ccnc12. The van der Waals surface area contributed by atoms with Crippen LogP contribution in [0.4, 0.5) is 4.39 Å². The van der Waals surface area contributed by atoms with Crippen molar-refractivity contribution in [2.24, 2.45) is 5.92 Å². The second-order valence-corrected chi connectivity index (χ2v) is 6.57. The summed E-state index contributed by atoms with van der Waals surface area (Å²) < 4.78 is 16.2. The fraction of sp³-hybridized carbons (Fsp3) is 0.263. The second-order valence-electron chi connectivity index (χ2n) is 6.57. The fourth-order valence-electron chi connectivity index (χ4n) is 3.31. The van der Waals surface area contributed by atoms with E-state index in [9.17, 15) is 4.39 Å². The van der Waals surface area contributed by atoms with Gasteiger partial charge in [-0.05, 0) is 36.5 Å².